The average molecular weight is 346 g/mol. The summed E-state index contributed by atoms with van der Waals surface area (Å²) in [5.74, 6) is -1.74. The molecule has 1 atom stereocenters. The first-order valence-electron chi connectivity index (χ1n) is 7.40. The van der Waals surface area contributed by atoms with Gasteiger partial charge in [0.2, 0.25) is 0 Å². The van der Waals surface area contributed by atoms with E-state index < -0.39 is 23.9 Å². The van der Waals surface area contributed by atoms with Crippen molar-refractivity contribution in [2.75, 3.05) is 5.32 Å². The molecule has 1 heterocycles. The molecule has 0 saturated carbocycles. The predicted molar refractivity (Wildman–Crippen MR) is 92.2 cm³/mol. The molecule has 0 aliphatic rings. The average Bonchev–Trinajstić information content (AvgIpc) is 3.03. The lowest BCUT2D eigenvalue weighted by atomic mass is 10.1. The van der Waals surface area contributed by atoms with E-state index in [0.29, 0.717) is 10.6 Å². The summed E-state index contributed by atoms with van der Waals surface area (Å²) in [4.78, 5) is 35.4. The Bertz CT molecular complexity index is 752. The summed E-state index contributed by atoms with van der Waals surface area (Å²) in [5, 5.41) is 4.52. The smallest absolute Gasteiger partial charge is 0.338 e. The predicted octanol–water partition coefficient (Wildman–Crippen LogP) is 2.59. The molecule has 0 fully saturated rings. The summed E-state index contributed by atoms with van der Waals surface area (Å²) >= 11 is 1.17. The number of ether oxygens (including phenoxy) is 1. The van der Waals surface area contributed by atoms with Gasteiger partial charge < -0.3 is 15.8 Å². The van der Waals surface area contributed by atoms with Crippen molar-refractivity contribution in [2.24, 2.45) is 5.73 Å². The minimum Gasteiger partial charge on any atom is -0.449 e. The van der Waals surface area contributed by atoms with E-state index in [-0.39, 0.29) is 5.56 Å². The first-order chi connectivity index (χ1) is 11.4. The number of hydrogen-bond donors (Lipinski definition) is 2. The van der Waals surface area contributed by atoms with Crippen molar-refractivity contribution in [1.29, 1.82) is 0 Å². The number of anilines is 1. The van der Waals surface area contributed by atoms with Crippen LogP contribution < -0.4 is 11.1 Å². The second-order valence-corrected chi connectivity index (χ2v) is 6.03. The number of primary amides is 1. The lowest BCUT2D eigenvalue weighted by molar-refractivity contribution is -0.123. The van der Waals surface area contributed by atoms with Crippen LogP contribution in [-0.4, -0.2) is 23.9 Å². The van der Waals surface area contributed by atoms with Crippen molar-refractivity contribution in [1.82, 2.24) is 0 Å². The summed E-state index contributed by atoms with van der Waals surface area (Å²) in [5.41, 5.74) is 6.93. The van der Waals surface area contributed by atoms with Gasteiger partial charge in [0.1, 0.15) is 5.00 Å². The van der Waals surface area contributed by atoms with Crippen LogP contribution in [0.1, 0.15) is 40.1 Å². The van der Waals surface area contributed by atoms with Crippen LogP contribution in [0.3, 0.4) is 0 Å². The second kappa shape index (κ2) is 7.74. The normalized spacial score (nSPS) is 11.6. The van der Waals surface area contributed by atoms with Gasteiger partial charge >= 0.3 is 5.97 Å². The van der Waals surface area contributed by atoms with Crippen molar-refractivity contribution in [3.05, 3.63) is 52.4 Å². The second-order valence-electron chi connectivity index (χ2n) is 5.11. The molecular weight excluding hydrogens is 328 g/mol. The molecule has 24 heavy (non-hydrogen) atoms. The summed E-state index contributed by atoms with van der Waals surface area (Å²) in [6.07, 6.45) is -0.136. The molecule has 0 aliphatic carbocycles. The topological polar surface area (TPSA) is 98.5 Å². The number of hydrogen-bond acceptors (Lipinski definition) is 5. The Morgan fingerprint density at radius 3 is 2.46 bits per heavy atom. The molecule has 2 aromatic rings. The van der Waals surface area contributed by atoms with Gasteiger partial charge in [0.05, 0.1) is 11.1 Å². The first kappa shape index (κ1) is 17.7. The van der Waals surface area contributed by atoms with Gasteiger partial charge in [-0.15, -0.1) is 11.3 Å². The van der Waals surface area contributed by atoms with E-state index in [9.17, 15) is 14.4 Å². The van der Waals surface area contributed by atoms with Gasteiger partial charge in [0.25, 0.3) is 11.8 Å². The van der Waals surface area contributed by atoms with Gasteiger partial charge in [-0.3, -0.25) is 9.59 Å². The number of aryl methyl sites for hydroxylation is 1. The number of nitrogens with two attached hydrogens (primary N) is 1. The van der Waals surface area contributed by atoms with Crippen LogP contribution in [0.5, 0.6) is 0 Å². The van der Waals surface area contributed by atoms with Crippen LogP contribution in [0.25, 0.3) is 0 Å². The number of amides is 2. The fraction of sp³-hybridized carbons (Fsp3) is 0.235. The van der Waals surface area contributed by atoms with Gasteiger partial charge in [-0.1, -0.05) is 19.1 Å². The Morgan fingerprint density at radius 2 is 1.88 bits per heavy atom. The van der Waals surface area contributed by atoms with E-state index in [4.69, 9.17) is 10.5 Å². The highest BCUT2D eigenvalue weighted by Crippen LogP contribution is 2.23. The molecule has 1 aromatic carbocycles. The van der Waals surface area contributed by atoms with E-state index in [2.05, 4.69) is 5.32 Å². The molecule has 0 unspecified atom stereocenters. The molecule has 6 nitrogen and oxygen atoms in total. The molecular formula is C17H18N2O4S. The van der Waals surface area contributed by atoms with Crippen molar-refractivity contribution >= 4 is 34.1 Å². The molecule has 2 rings (SSSR count). The highest BCUT2D eigenvalue weighted by molar-refractivity contribution is 7.14. The molecule has 0 aliphatic heterocycles. The molecule has 2 amide bonds. The number of esters is 1. The summed E-state index contributed by atoms with van der Waals surface area (Å²) in [6, 6.07) is 8.53. The zero-order chi connectivity index (χ0) is 17.7. The monoisotopic (exact) mass is 346 g/mol. The fourth-order valence-corrected chi connectivity index (χ4v) is 2.77. The Kier molecular flexibility index (Phi) is 5.70. The largest absolute Gasteiger partial charge is 0.449 e. The minimum absolute atomic E-state index is 0.224. The van der Waals surface area contributed by atoms with Crippen molar-refractivity contribution in [3.63, 3.8) is 0 Å². The van der Waals surface area contributed by atoms with Crippen LogP contribution in [0.15, 0.2) is 35.7 Å². The number of carbonyl (C=O) groups is 3. The summed E-state index contributed by atoms with van der Waals surface area (Å²) in [6.45, 7) is 3.48. The third-order valence-corrected chi connectivity index (χ3v) is 4.25. The molecule has 0 spiro atoms. The number of rotatable bonds is 6. The third kappa shape index (κ3) is 4.20. The lowest BCUT2D eigenvalue weighted by Gasteiger charge is -2.13. The molecule has 0 saturated heterocycles. The highest BCUT2D eigenvalue weighted by atomic mass is 32.1. The van der Waals surface area contributed by atoms with Crippen LogP contribution in [0, 0.1) is 0 Å². The van der Waals surface area contributed by atoms with E-state index in [1.54, 1.807) is 17.5 Å². The van der Waals surface area contributed by atoms with Crippen LogP contribution in [0.4, 0.5) is 5.00 Å². The minimum atomic E-state index is -1.01. The number of carbonyl (C=O) groups excluding carboxylic acids is 3. The van der Waals surface area contributed by atoms with Crippen molar-refractivity contribution in [2.45, 2.75) is 26.4 Å². The van der Waals surface area contributed by atoms with E-state index in [0.717, 1.165) is 12.0 Å². The zero-order valence-corrected chi connectivity index (χ0v) is 14.2. The van der Waals surface area contributed by atoms with Gasteiger partial charge in [-0.2, -0.15) is 0 Å². The quantitative estimate of drug-likeness (QED) is 0.785. The molecule has 1 aromatic heterocycles. The van der Waals surface area contributed by atoms with E-state index >= 15 is 0 Å². The van der Waals surface area contributed by atoms with Gasteiger partial charge in [-0.25, -0.2) is 4.79 Å². The number of nitrogens with one attached hydrogen (secondary N) is 1. The van der Waals surface area contributed by atoms with Crippen LogP contribution in [0.2, 0.25) is 0 Å². The molecule has 7 heteroatoms. The standard InChI is InChI=1S/C17H18N2O4S/c1-3-11-4-6-12(7-5-11)17(22)23-10(2)15(21)19-16-13(14(18)20)8-9-24-16/h4-10H,3H2,1-2H3,(H2,18,20)(H,19,21)/t10-/m0/s1. The van der Waals surface area contributed by atoms with Gasteiger partial charge in [-0.05, 0) is 42.5 Å². The molecule has 0 bridgehead atoms. The third-order valence-electron chi connectivity index (χ3n) is 3.42. The molecule has 126 valence electrons. The Morgan fingerprint density at radius 1 is 1.21 bits per heavy atom. The zero-order valence-electron chi connectivity index (χ0n) is 13.4. The molecule has 3 N–H and O–H groups in total. The van der Waals surface area contributed by atoms with Crippen LogP contribution in [-0.2, 0) is 16.0 Å². The van der Waals surface area contributed by atoms with E-state index in [1.165, 1.54) is 24.3 Å². The Labute approximate surface area is 143 Å². The summed E-state index contributed by atoms with van der Waals surface area (Å²) < 4.78 is 5.16. The SMILES string of the molecule is CCc1ccc(C(=O)O[C@@H](C)C(=O)Nc2sccc2C(N)=O)cc1. The maximum absolute atomic E-state index is 12.1. The van der Waals surface area contributed by atoms with Crippen molar-refractivity contribution in [3.8, 4) is 0 Å². The maximum atomic E-state index is 12.1. The molecule has 0 radical (unpaired) electrons. The lowest BCUT2D eigenvalue weighted by Crippen LogP contribution is -2.30. The maximum Gasteiger partial charge on any atom is 0.338 e. The van der Waals surface area contributed by atoms with Gasteiger partial charge in [0.15, 0.2) is 6.10 Å². The van der Waals surface area contributed by atoms with Gasteiger partial charge in [0, 0.05) is 0 Å². The van der Waals surface area contributed by atoms with E-state index in [1.807, 2.05) is 19.1 Å². The van der Waals surface area contributed by atoms with Crippen molar-refractivity contribution < 1.29 is 19.1 Å². The Balaban J connectivity index is 1.98. The fourth-order valence-electron chi connectivity index (χ4n) is 1.97. The highest BCUT2D eigenvalue weighted by Gasteiger charge is 2.21. The van der Waals surface area contributed by atoms with Crippen LogP contribution >= 0.6 is 11.3 Å². The first-order valence-corrected chi connectivity index (χ1v) is 8.28. The Hall–Kier alpha value is -2.67. The summed E-state index contributed by atoms with van der Waals surface area (Å²) in [7, 11) is 0. The number of thiophene rings is 1. The number of benzene rings is 1.